The number of carbonyl (C=O) groups excluding carboxylic acids is 1. The Hall–Kier alpha value is -1.59. The molecular weight excluding hydrogens is 280 g/mol. The molecule has 1 saturated carbocycles. The number of rotatable bonds is 8. The number of anilines is 1. The van der Waals surface area contributed by atoms with Crippen molar-refractivity contribution in [3.8, 4) is 0 Å². The first-order valence-electron chi connectivity index (χ1n) is 7.97. The maximum atomic E-state index is 12.1. The zero-order valence-electron chi connectivity index (χ0n) is 13.3. The average molecular weight is 306 g/mol. The number of ether oxygens (including phenoxy) is 1. The van der Waals surface area contributed by atoms with E-state index >= 15 is 0 Å². The van der Waals surface area contributed by atoms with Gasteiger partial charge in [0.25, 0.3) is 0 Å². The third kappa shape index (κ3) is 5.66. The molecule has 5 nitrogen and oxygen atoms in total. The fourth-order valence-corrected chi connectivity index (χ4v) is 2.40. The van der Waals surface area contributed by atoms with Crippen molar-refractivity contribution in [2.75, 3.05) is 11.9 Å². The van der Waals surface area contributed by atoms with Crippen LogP contribution in [0.4, 0.5) is 10.5 Å². The highest BCUT2D eigenvalue weighted by Gasteiger charge is 2.31. The number of amides is 2. The Morgan fingerprint density at radius 1 is 1.41 bits per heavy atom. The SMILES string of the molecule is CC(C)OCc1cccc(NC(=O)N[C@H](CCO)C2CC2)c1. The van der Waals surface area contributed by atoms with Gasteiger partial charge in [-0.15, -0.1) is 0 Å². The second-order valence-corrected chi connectivity index (χ2v) is 6.11. The highest BCUT2D eigenvalue weighted by atomic mass is 16.5. The van der Waals surface area contributed by atoms with E-state index in [1.54, 1.807) is 0 Å². The van der Waals surface area contributed by atoms with Crippen LogP contribution in [0.2, 0.25) is 0 Å². The predicted octanol–water partition coefficient (Wildman–Crippen LogP) is 2.89. The summed E-state index contributed by atoms with van der Waals surface area (Å²) in [6.07, 6.45) is 3.05. The van der Waals surface area contributed by atoms with Gasteiger partial charge >= 0.3 is 6.03 Å². The van der Waals surface area contributed by atoms with Crippen LogP contribution >= 0.6 is 0 Å². The molecule has 1 atom stereocenters. The van der Waals surface area contributed by atoms with Crippen molar-refractivity contribution in [3.05, 3.63) is 29.8 Å². The van der Waals surface area contributed by atoms with Gasteiger partial charge in [0.1, 0.15) is 0 Å². The van der Waals surface area contributed by atoms with Gasteiger partial charge in [-0.1, -0.05) is 12.1 Å². The van der Waals surface area contributed by atoms with Crippen molar-refractivity contribution in [1.29, 1.82) is 0 Å². The van der Waals surface area contributed by atoms with Gasteiger partial charge in [0.05, 0.1) is 12.7 Å². The number of carbonyl (C=O) groups is 1. The van der Waals surface area contributed by atoms with Crippen molar-refractivity contribution >= 4 is 11.7 Å². The molecule has 0 saturated heterocycles. The number of nitrogens with one attached hydrogen (secondary N) is 2. The molecule has 1 fully saturated rings. The summed E-state index contributed by atoms with van der Waals surface area (Å²) in [5, 5.41) is 14.9. The Bertz CT molecular complexity index is 487. The molecule has 0 heterocycles. The highest BCUT2D eigenvalue weighted by molar-refractivity contribution is 5.89. The Morgan fingerprint density at radius 2 is 2.18 bits per heavy atom. The number of urea groups is 1. The second-order valence-electron chi connectivity index (χ2n) is 6.11. The molecule has 1 aliphatic rings. The summed E-state index contributed by atoms with van der Waals surface area (Å²) in [5.74, 6) is 0.517. The normalized spacial score (nSPS) is 15.6. The van der Waals surface area contributed by atoms with Crippen LogP contribution in [0.3, 0.4) is 0 Å². The molecule has 122 valence electrons. The van der Waals surface area contributed by atoms with Gasteiger partial charge in [-0.25, -0.2) is 4.79 Å². The van der Waals surface area contributed by atoms with Crippen LogP contribution in [0, 0.1) is 5.92 Å². The van der Waals surface area contributed by atoms with E-state index in [0.29, 0.717) is 18.9 Å². The van der Waals surface area contributed by atoms with Crippen molar-refractivity contribution in [2.45, 2.75) is 51.9 Å². The summed E-state index contributed by atoms with van der Waals surface area (Å²) < 4.78 is 5.57. The minimum Gasteiger partial charge on any atom is -0.396 e. The molecule has 0 bridgehead atoms. The van der Waals surface area contributed by atoms with E-state index in [0.717, 1.165) is 24.1 Å². The third-order valence-corrected chi connectivity index (χ3v) is 3.72. The van der Waals surface area contributed by atoms with Crippen LogP contribution < -0.4 is 10.6 Å². The number of benzene rings is 1. The minimum absolute atomic E-state index is 0.0671. The van der Waals surface area contributed by atoms with Gasteiger partial charge < -0.3 is 20.5 Å². The first-order valence-corrected chi connectivity index (χ1v) is 7.97. The van der Waals surface area contributed by atoms with Gasteiger partial charge in [0.15, 0.2) is 0 Å². The monoisotopic (exact) mass is 306 g/mol. The van der Waals surface area contributed by atoms with Gasteiger partial charge in [0.2, 0.25) is 0 Å². The lowest BCUT2D eigenvalue weighted by Gasteiger charge is -2.18. The molecule has 0 aromatic heterocycles. The molecule has 0 spiro atoms. The van der Waals surface area contributed by atoms with Crippen LogP contribution in [0.15, 0.2) is 24.3 Å². The molecule has 0 unspecified atom stereocenters. The minimum atomic E-state index is -0.215. The van der Waals surface area contributed by atoms with E-state index in [1.807, 2.05) is 38.1 Å². The van der Waals surface area contributed by atoms with E-state index in [4.69, 9.17) is 9.84 Å². The third-order valence-electron chi connectivity index (χ3n) is 3.72. The smallest absolute Gasteiger partial charge is 0.319 e. The van der Waals surface area contributed by atoms with Crippen LogP contribution in [-0.2, 0) is 11.3 Å². The van der Waals surface area contributed by atoms with Crippen molar-refractivity contribution in [1.82, 2.24) is 5.32 Å². The highest BCUT2D eigenvalue weighted by Crippen LogP contribution is 2.33. The Morgan fingerprint density at radius 3 is 2.82 bits per heavy atom. The van der Waals surface area contributed by atoms with E-state index in [9.17, 15) is 4.79 Å². The molecule has 5 heteroatoms. The first-order chi connectivity index (χ1) is 10.6. The molecule has 1 aromatic carbocycles. The standard InChI is InChI=1S/C17H26N2O3/c1-12(2)22-11-13-4-3-5-15(10-13)18-17(21)19-16(8-9-20)14-6-7-14/h3-5,10,12,14,16,20H,6-9,11H2,1-2H3,(H2,18,19,21)/t16-/m1/s1. The van der Waals surface area contributed by atoms with Crippen LogP contribution in [0.25, 0.3) is 0 Å². The van der Waals surface area contributed by atoms with Crippen molar-refractivity contribution < 1.29 is 14.6 Å². The fraction of sp³-hybridized carbons (Fsp3) is 0.588. The molecule has 0 aliphatic heterocycles. The summed E-state index contributed by atoms with van der Waals surface area (Å²) in [7, 11) is 0. The molecule has 22 heavy (non-hydrogen) atoms. The van der Waals surface area contributed by atoms with Gasteiger partial charge in [0, 0.05) is 18.3 Å². The average Bonchev–Trinajstić information content (AvgIpc) is 3.29. The molecule has 1 aromatic rings. The molecule has 3 N–H and O–H groups in total. The largest absolute Gasteiger partial charge is 0.396 e. The summed E-state index contributed by atoms with van der Waals surface area (Å²) in [5.41, 5.74) is 1.78. The van der Waals surface area contributed by atoms with Crippen LogP contribution in [0.5, 0.6) is 0 Å². The number of aliphatic hydroxyl groups is 1. The fourth-order valence-electron chi connectivity index (χ4n) is 2.40. The lowest BCUT2D eigenvalue weighted by atomic mass is 10.1. The predicted molar refractivity (Wildman–Crippen MR) is 86.7 cm³/mol. The second kappa shape index (κ2) is 8.15. The van der Waals surface area contributed by atoms with Crippen molar-refractivity contribution in [3.63, 3.8) is 0 Å². The Kier molecular flexibility index (Phi) is 6.21. The maximum absolute atomic E-state index is 12.1. The Labute approximate surface area is 132 Å². The molecule has 1 aliphatic carbocycles. The zero-order valence-corrected chi connectivity index (χ0v) is 13.3. The molecule has 0 radical (unpaired) electrons. The first kappa shape index (κ1) is 16.8. The summed E-state index contributed by atoms with van der Waals surface area (Å²) >= 11 is 0. The zero-order chi connectivity index (χ0) is 15.9. The van der Waals surface area contributed by atoms with Gasteiger partial charge in [-0.3, -0.25) is 0 Å². The number of hydrogen-bond donors (Lipinski definition) is 3. The maximum Gasteiger partial charge on any atom is 0.319 e. The quantitative estimate of drug-likeness (QED) is 0.691. The molecule has 2 amide bonds. The lowest BCUT2D eigenvalue weighted by molar-refractivity contribution is 0.0657. The number of hydrogen-bond acceptors (Lipinski definition) is 3. The lowest BCUT2D eigenvalue weighted by Crippen LogP contribution is -2.39. The summed E-state index contributed by atoms with van der Waals surface area (Å²) in [6, 6.07) is 7.51. The van der Waals surface area contributed by atoms with Gasteiger partial charge in [-0.05, 0) is 56.7 Å². The van der Waals surface area contributed by atoms with E-state index in [2.05, 4.69) is 10.6 Å². The van der Waals surface area contributed by atoms with E-state index in [-0.39, 0.29) is 24.8 Å². The topological polar surface area (TPSA) is 70.6 Å². The van der Waals surface area contributed by atoms with E-state index < -0.39 is 0 Å². The summed E-state index contributed by atoms with van der Waals surface area (Å²) in [4.78, 5) is 12.1. The van der Waals surface area contributed by atoms with Crippen LogP contribution in [0.1, 0.15) is 38.7 Å². The van der Waals surface area contributed by atoms with E-state index in [1.165, 1.54) is 0 Å². The van der Waals surface area contributed by atoms with Gasteiger partial charge in [-0.2, -0.15) is 0 Å². The molecular formula is C17H26N2O3. The van der Waals surface area contributed by atoms with Crippen LogP contribution in [-0.4, -0.2) is 29.9 Å². The molecule has 2 rings (SSSR count). The number of aliphatic hydroxyl groups excluding tert-OH is 1. The Balaban J connectivity index is 1.86. The summed E-state index contributed by atoms with van der Waals surface area (Å²) in [6.45, 7) is 4.62. The van der Waals surface area contributed by atoms with Crippen molar-refractivity contribution in [2.24, 2.45) is 5.92 Å².